The quantitative estimate of drug-likeness (QED) is 0.295. The highest BCUT2D eigenvalue weighted by molar-refractivity contribution is 7.89. The molecule has 0 spiro atoms. The Kier molecular flexibility index (Phi) is 9.72. The maximum atomic E-state index is 14.0. The number of nitrogens with one attached hydrogen (secondary N) is 2. The molecule has 2 aromatic carbocycles. The molecule has 2 atom stereocenters. The van der Waals surface area contributed by atoms with Crippen molar-refractivity contribution in [3.63, 3.8) is 0 Å². The lowest BCUT2D eigenvalue weighted by Gasteiger charge is -2.31. The van der Waals surface area contributed by atoms with Gasteiger partial charge in [-0.15, -0.1) is 0 Å². The fraction of sp³-hybridized carbons (Fsp3) is 0.467. The molecular weight excluding hydrogens is 544 g/mol. The van der Waals surface area contributed by atoms with E-state index in [2.05, 4.69) is 15.5 Å². The van der Waals surface area contributed by atoms with Crippen LogP contribution in [0.4, 0.5) is 10.5 Å². The number of amides is 2. The van der Waals surface area contributed by atoms with E-state index in [9.17, 15) is 28.2 Å². The van der Waals surface area contributed by atoms with Crippen molar-refractivity contribution in [2.24, 2.45) is 5.92 Å². The van der Waals surface area contributed by atoms with Crippen molar-refractivity contribution in [3.05, 3.63) is 65.4 Å². The predicted octanol–water partition coefficient (Wildman–Crippen LogP) is 3.74. The second-order valence-electron chi connectivity index (χ2n) is 11.2. The molecule has 0 radical (unpaired) electrons. The van der Waals surface area contributed by atoms with Gasteiger partial charge in [0.25, 0.3) is 5.91 Å². The van der Waals surface area contributed by atoms with E-state index in [1.54, 1.807) is 6.07 Å². The average molecular weight is 585 g/mol. The Hall–Kier alpha value is -3.41. The van der Waals surface area contributed by atoms with Gasteiger partial charge in [0.05, 0.1) is 22.6 Å². The van der Waals surface area contributed by atoms with Crippen molar-refractivity contribution >= 4 is 33.3 Å². The molecule has 0 bridgehead atoms. The van der Waals surface area contributed by atoms with Gasteiger partial charge in [-0.2, -0.15) is 4.31 Å². The first-order chi connectivity index (χ1) is 19.5. The molecule has 0 saturated carbocycles. The van der Waals surface area contributed by atoms with Crippen LogP contribution >= 0.6 is 0 Å². The minimum atomic E-state index is -4.12. The highest BCUT2D eigenvalue weighted by Crippen LogP contribution is 2.37. The number of benzene rings is 2. The van der Waals surface area contributed by atoms with Crippen molar-refractivity contribution < 1.29 is 28.2 Å². The molecular formula is C30H40N4O6S. The lowest BCUT2D eigenvalue weighted by molar-refractivity contribution is -0.110. The van der Waals surface area contributed by atoms with E-state index in [0.717, 1.165) is 43.6 Å². The molecule has 222 valence electrons. The van der Waals surface area contributed by atoms with Crippen LogP contribution in [0.15, 0.2) is 59.1 Å². The minimum absolute atomic E-state index is 0.00958. The molecule has 2 aliphatic rings. The number of hydrogen-bond donors (Lipinski definition) is 4. The first-order valence-electron chi connectivity index (χ1n) is 14.1. The Morgan fingerprint density at radius 3 is 2.39 bits per heavy atom. The Morgan fingerprint density at radius 2 is 1.76 bits per heavy atom. The summed E-state index contributed by atoms with van der Waals surface area (Å²) < 4.78 is 29.2. The number of allylic oxidation sites excluding steroid dienone is 1. The fourth-order valence-corrected chi connectivity index (χ4v) is 7.17. The summed E-state index contributed by atoms with van der Waals surface area (Å²) in [6, 6.07) is 12.8. The second kappa shape index (κ2) is 13.1. The number of piperidine rings is 1. The van der Waals surface area contributed by atoms with Crippen LogP contribution in [0.3, 0.4) is 0 Å². The number of hydrogen-bond acceptors (Lipinski definition) is 6. The highest BCUT2D eigenvalue weighted by Gasteiger charge is 2.34. The first-order valence-corrected chi connectivity index (χ1v) is 15.5. The topological polar surface area (TPSA) is 139 Å². The molecule has 2 heterocycles. The fourth-order valence-electron chi connectivity index (χ4n) is 5.53. The molecule has 4 N–H and O–H groups in total. The van der Waals surface area contributed by atoms with Gasteiger partial charge in [0.15, 0.2) is 0 Å². The molecule has 1 fully saturated rings. The number of aliphatic hydroxyl groups is 1. The number of sulfonamides is 1. The monoisotopic (exact) mass is 584 g/mol. The van der Waals surface area contributed by atoms with Crippen LogP contribution in [0.5, 0.6) is 0 Å². The smallest absolute Gasteiger partial charge is 0.404 e. The number of likely N-dealkylation sites (tertiary alicyclic amines) is 1. The maximum absolute atomic E-state index is 14.0. The molecule has 2 unspecified atom stereocenters. The Labute approximate surface area is 242 Å². The van der Waals surface area contributed by atoms with Gasteiger partial charge < -0.3 is 25.7 Å². The van der Waals surface area contributed by atoms with E-state index < -0.39 is 28.3 Å². The van der Waals surface area contributed by atoms with E-state index in [0.29, 0.717) is 16.8 Å². The highest BCUT2D eigenvalue weighted by atomic mass is 32.2. The summed E-state index contributed by atoms with van der Waals surface area (Å²) in [5, 5.41) is 25.8. The lowest BCUT2D eigenvalue weighted by atomic mass is 10.0. The van der Waals surface area contributed by atoms with Crippen LogP contribution in [0.1, 0.15) is 51.2 Å². The summed E-state index contributed by atoms with van der Waals surface area (Å²) in [6.45, 7) is 7.17. The average Bonchev–Trinajstić information content (AvgIpc) is 3.27. The molecule has 2 aromatic rings. The Bertz CT molecular complexity index is 1390. The zero-order chi connectivity index (χ0) is 29.7. The SMILES string of the molecule is CC(=C1C(=O)Nc2ccc(S(=O)(=O)N(CC(C)C)CC(O)C(Cc3ccccc3)NC(=O)O)cc21)N1CCCCC1. The summed E-state index contributed by atoms with van der Waals surface area (Å²) in [4.78, 5) is 26.7. The van der Waals surface area contributed by atoms with Crippen molar-refractivity contribution in [2.75, 3.05) is 31.5 Å². The van der Waals surface area contributed by atoms with E-state index in [1.165, 1.54) is 16.4 Å². The number of carboxylic acid groups (broad SMARTS) is 1. The largest absolute Gasteiger partial charge is 0.465 e. The summed E-state index contributed by atoms with van der Waals surface area (Å²) >= 11 is 0. The molecule has 2 aliphatic heterocycles. The number of rotatable bonds is 11. The summed E-state index contributed by atoms with van der Waals surface area (Å²) in [5.41, 5.74) is 3.21. The number of nitrogens with zero attached hydrogens (tertiary/aromatic N) is 2. The number of fused-ring (bicyclic) bond motifs is 1. The van der Waals surface area contributed by atoms with Crippen LogP contribution in [-0.4, -0.2) is 78.2 Å². The van der Waals surface area contributed by atoms with Crippen molar-refractivity contribution in [3.8, 4) is 0 Å². The molecule has 0 aromatic heterocycles. The van der Waals surface area contributed by atoms with Gasteiger partial charge in [-0.05, 0) is 62.3 Å². The minimum Gasteiger partial charge on any atom is -0.465 e. The van der Waals surface area contributed by atoms with Crippen molar-refractivity contribution in [1.29, 1.82) is 0 Å². The van der Waals surface area contributed by atoms with Crippen LogP contribution < -0.4 is 10.6 Å². The van der Waals surface area contributed by atoms with Crippen LogP contribution in [0.25, 0.3) is 5.57 Å². The zero-order valence-electron chi connectivity index (χ0n) is 23.8. The maximum Gasteiger partial charge on any atom is 0.404 e. The standard InChI is InChI=1S/C30H40N4O6S/c1-20(2)18-34(19-27(35)26(32-30(37)38)16-22-10-6-4-7-11-22)41(39,40)23-12-13-25-24(17-23)28(29(36)31-25)21(3)33-14-8-5-9-15-33/h4,6-7,10-13,17,20,26-27,32,35H,5,8-9,14-16,18-19H2,1-3H3,(H,31,36)(H,37,38). The molecule has 41 heavy (non-hydrogen) atoms. The molecule has 11 heteroatoms. The molecule has 1 saturated heterocycles. The zero-order valence-corrected chi connectivity index (χ0v) is 24.7. The van der Waals surface area contributed by atoms with E-state index in [-0.39, 0.29) is 36.2 Å². The van der Waals surface area contributed by atoms with E-state index in [1.807, 2.05) is 51.1 Å². The Morgan fingerprint density at radius 1 is 1.07 bits per heavy atom. The van der Waals surface area contributed by atoms with E-state index in [4.69, 9.17) is 0 Å². The predicted molar refractivity (Wildman–Crippen MR) is 158 cm³/mol. The van der Waals surface area contributed by atoms with Crippen molar-refractivity contribution in [1.82, 2.24) is 14.5 Å². The van der Waals surface area contributed by atoms with Crippen LogP contribution in [0, 0.1) is 5.92 Å². The number of anilines is 1. The second-order valence-corrected chi connectivity index (χ2v) is 13.1. The van der Waals surface area contributed by atoms with Crippen LogP contribution in [-0.2, 0) is 21.2 Å². The Balaban J connectivity index is 1.65. The van der Waals surface area contributed by atoms with E-state index >= 15 is 0 Å². The number of carbonyl (C=O) groups is 2. The number of carbonyl (C=O) groups excluding carboxylic acids is 1. The third-order valence-electron chi connectivity index (χ3n) is 7.60. The molecule has 2 amide bonds. The lowest BCUT2D eigenvalue weighted by Crippen LogP contribution is -2.50. The van der Waals surface area contributed by atoms with Gasteiger partial charge in [0.2, 0.25) is 10.0 Å². The molecule has 0 aliphatic carbocycles. The van der Waals surface area contributed by atoms with Gasteiger partial charge in [-0.25, -0.2) is 13.2 Å². The van der Waals surface area contributed by atoms with Gasteiger partial charge in [-0.3, -0.25) is 4.79 Å². The van der Waals surface area contributed by atoms with Gasteiger partial charge >= 0.3 is 6.09 Å². The summed E-state index contributed by atoms with van der Waals surface area (Å²) in [7, 11) is -4.12. The third kappa shape index (κ3) is 7.27. The van der Waals surface area contributed by atoms with Gasteiger partial charge in [0.1, 0.15) is 0 Å². The first kappa shape index (κ1) is 30.5. The number of aliphatic hydroxyl groups excluding tert-OH is 1. The van der Waals surface area contributed by atoms with Gasteiger partial charge in [-0.1, -0.05) is 44.2 Å². The summed E-state index contributed by atoms with van der Waals surface area (Å²) in [6.07, 6.45) is 0.817. The van der Waals surface area contributed by atoms with Gasteiger partial charge in [0, 0.05) is 43.1 Å². The third-order valence-corrected chi connectivity index (χ3v) is 9.42. The van der Waals surface area contributed by atoms with Crippen LogP contribution in [0.2, 0.25) is 0 Å². The molecule has 10 nitrogen and oxygen atoms in total. The normalized spacial score (nSPS) is 18.2. The molecule has 4 rings (SSSR count). The van der Waals surface area contributed by atoms with Crippen molar-refractivity contribution in [2.45, 2.75) is 63.5 Å². The summed E-state index contributed by atoms with van der Waals surface area (Å²) in [5.74, 6) is -0.318.